The average Bonchev–Trinajstić information content (AvgIpc) is 3.03. The lowest BCUT2D eigenvalue weighted by atomic mass is 10.3. The summed E-state index contributed by atoms with van der Waals surface area (Å²) in [5.74, 6) is 2.47. The van der Waals surface area contributed by atoms with Crippen LogP contribution >= 0.6 is 0 Å². The Bertz CT molecular complexity index is 524. The molecule has 0 spiro atoms. The molecule has 112 valence electrons. The van der Waals surface area contributed by atoms with E-state index in [1.807, 2.05) is 49.4 Å². The van der Waals surface area contributed by atoms with Crippen molar-refractivity contribution in [2.75, 3.05) is 19.7 Å². The van der Waals surface area contributed by atoms with E-state index in [0.29, 0.717) is 19.7 Å². The van der Waals surface area contributed by atoms with Crippen LogP contribution < -0.4 is 15.4 Å². The van der Waals surface area contributed by atoms with Gasteiger partial charge in [-0.3, -0.25) is 0 Å². The molecule has 0 aliphatic rings. The first-order valence-electron chi connectivity index (χ1n) is 7.11. The van der Waals surface area contributed by atoms with E-state index in [2.05, 4.69) is 15.6 Å². The molecule has 5 nitrogen and oxygen atoms in total. The normalized spacial score (nSPS) is 11.2. The largest absolute Gasteiger partial charge is 0.492 e. The lowest BCUT2D eigenvalue weighted by molar-refractivity contribution is 0.322. The summed E-state index contributed by atoms with van der Waals surface area (Å²) in [4.78, 5) is 4.45. The molecule has 1 aromatic carbocycles. The van der Waals surface area contributed by atoms with E-state index >= 15 is 0 Å². The number of benzene rings is 1. The van der Waals surface area contributed by atoms with Gasteiger partial charge in [-0.2, -0.15) is 0 Å². The third-order valence-electron chi connectivity index (χ3n) is 2.72. The van der Waals surface area contributed by atoms with E-state index in [1.54, 1.807) is 6.26 Å². The lowest BCUT2D eigenvalue weighted by Crippen LogP contribution is -2.39. The van der Waals surface area contributed by atoms with Crippen molar-refractivity contribution in [2.45, 2.75) is 13.5 Å². The molecule has 0 saturated carbocycles. The zero-order valence-corrected chi connectivity index (χ0v) is 12.2. The minimum absolute atomic E-state index is 0.516. The number of nitrogens with zero attached hydrogens (tertiary/aromatic N) is 1. The molecule has 1 heterocycles. The van der Waals surface area contributed by atoms with Gasteiger partial charge in [-0.25, -0.2) is 4.99 Å². The maximum Gasteiger partial charge on any atom is 0.191 e. The molecule has 0 fully saturated rings. The predicted molar refractivity (Wildman–Crippen MR) is 83.5 cm³/mol. The number of para-hydroxylation sites is 1. The smallest absolute Gasteiger partial charge is 0.191 e. The fraction of sp³-hybridized carbons (Fsp3) is 0.312. The van der Waals surface area contributed by atoms with E-state index in [0.717, 1.165) is 24.0 Å². The summed E-state index contributed by atoms with van der Waals surface area (Å²) >= 11 is 0. The van der Waals surface area contributed by atoms with Crippen molar-refractivity contribution in [3.63, 3.8) is 0 Å². The van der Waals surface area contributed by atoms with E-state index in [9.17, 15) is 0 Å². The van der Waals surface area contributed by atoms with Crippen molar-refractivity contribution in [2.24, 2.45) is 4.99 Å². The summed E-state index contributed by atoms with van der Waals surface area (Å²) in [6, 6.07) is 13.5. The van der Waals surface area contributed by atoms with Crippen LogP contribution in [-0.2, 0) is 6.54 Å². The molecular weight excluding hydrogens is 266 g/mol. The second kappa shape index (κ2) is 8.68. The fourth-order valence-electron chi connectivity index (χ4n) is 1.76. The van der Waals surface area contributed by atoms with Crippen molar-refractivity contribution in [3.8, 4) is 5.75 Å². The topological polar surface area (TPSA) is 58.8 Å². The number of nitrogens with one attached hydrogen (secondary N) is 2. The molecule has 21 heavy (non-hydrogen) atoms. The van der Waals surface area contributed by atoms with Crippen LogP contribution in [-0.4, -0.2) is 25.7 Å². The molecule has 0 aliphatic heterocycles. The van der Waals surface area contributed by atoms with Crippen LogP contribution in [0.1, 0.15) is 12.7 Å². The number of hydrogen-bond acceptors (Lipinski definition) is 3. The molecule has 0 unspecified atom stereocenters. The van der Waals surface area contributed by atoms with E-state index < -0.39 is 0 Å². The molecule has 0 saturated heterocycles. The maximum absolute atomic E-state index is 5.62. The van der Waals surface area contributed by atoms with Crippen LogP contribution in [0.3, 0.4) is 0 Å². The molecule has 0 radical (unpaired) electrons. The molecule has 5 heteroatoms. The number of furan rings is 1. The molecular formula is C16H21N3O2. The minimum atomic E-state index is 0.516. The van der Waals surface area contributed by atoms with Crippen LogP contribution in [0.15, 0.2) is 58.1 Å². The fourth-order valence-corrected chi connectivity index (χ4v) is 1.76. The molecule has 2 N–H and O–H groups in total. The zero-order chi connectivity index (χ0) is 14.8. The van der Waals surface area contributed by atoms with Gasteiger partial charge in [-0.1, -0.05) is 18.2 Å². The van der Waals surface area contributed by atoms with Gasteiger partial charge >= 0.3 is 0 Å². The Labute approximate surface area is 125 Å². The molecule has 2 rings (SSSR count). The van der Waals surface area contributed by atoms with Crippen LogP contribution in [0.4, 0.5) is 0 Å². The van der Waals surface area contributed by atoms with Gasteiger partial charge in [0, 0.05) is 6.54 Å². The summed E-state index contributed by atoms with van der Waals surface area (Å²) in [6.45, 7) is 4.62. The summed E-state index contributed by atoms with van der Waals surface area (Å²) in [6.07, 6.45) is 1.65. The van der Waals surface area contributed by atoms with Gasteiger partial charge in [-0.05, 0) is 31.2 Å². The highest BCUT2D eigenvalue weighted by Gasteiger charge is 1.99. The Morgan fingerprint density at radius 3 is 2.71 bits per heavy atom. The van der Waals surface area contributed by atoms with Crippen LogP contribution in [0.2, 0.25) is 0 Å². The Kier molecular flexibility index (Phi) is 6.19. The third kappa shape index (κ3) is 5.60. The van der Waals surface area contributed by atoms with Gasteiger partial charge in [0.1, 0.15) is 24.7 Å². The van der Waals surface area contributed by atoms with Crippen LogP contribution in [0.25, 0.3) is 0 Å². The van der Waals surface area contributed by atoms with Gasteiger partial charge in [0.25, 0.3) is 0 Å². The third-order valence-corrected chi connectivity index (χ3v) is 2.72. The highest BCUT2D eigenvalue weighted by molar-refractivity contribution is 5.79. The number of guanidine groups is 1. The van der Waals surface area contributed by atoms with Crippen molar-refractivity contribution in [1.82, 2.24) is 10.6 Å². The van der Waals surface area contributed by atoms with Crippen LogP contribution in [0, 0.1) is 0 Å². The van der Waals surface area contributed by atoms with Crippen molar-refractivity contribution >= 4 is 5.96 Å². The second-order valence-corrected chi connectivity index (χ2v) is 4.36. The predicted octanol–water partition coefficient (Wildman–Crippen LogP) is 2.41. The molecule has 1 aromatic heterocycles. The monoisotopic (exact) mass is 287 g/mol. The lowest BCUT2D eigenvalue weighted by Gasteiger charge is -2.11. The number of rotatable bonds is 7. The summed E-state index contributed by atoms with van der Waals surface area (Å²) in [5.41, 5.74) is 0. The Morgan fingerprint density at radius 1 is 1.14 bits per heavy atom. The van der Waals surface area contributed by atoms with E-state index in [4.69, 9.17) is 9.15 Å². The van der Waals surface area contributed by atoms with E-state index in [-0.39, 0.29) is 0 Å². The van der Waals surface area contributed by atoms with E-state index in [1.165, 1.54) is 0 Å². The van der Waals surface area contributed by atoms with Gasteiger partial charge in [0.05, 0.1) is 12.8 Å². The minimum Gasteiger partial charge on any atom is -0.492 e. The zero-order valence-electron chi connectivity index (χ0n) is 12.2. The Morgan fingerprint density at radius 2 is 2.00 bits per heavy atom. The Balaban J connectivity index is 1.73. The SMILES string of the molecule is CCNC(=NCc1ccco1)NCCOc1ccccc1. The highest BCUT2D eigenvalue weighted by atomic mass is 16.5. The molecule has 0 atom stereocenters. The van der Waals surface area contributed by atoms with Crippen molar-refractivity contribution in [3.05, 3.63) is 54.5 Å². The van der Waals surface area contributed by atoms with Gasteiger partial charge < -0.3 is 19.8 Å². The standard InChI is InChI=1S/C16H21N3O2/c1-2-17-16(19-13-15-9-6-11-20-15)18-10-12-21-14-7-4-3-5-8-14/h3-9,11H,2,10,12-13H2,1H3,(H2,17,18,19). The molecule has 2 aromatic rings. The number of aliphatic imine (C=N–C) groups is 1. The molecule has 0 bridgehead atoms. The van der Waals surface area contributed by atoms with Gasteiger partial charge in [0.15, 0.2) is 5.96 Å². The number of ether oxygens (including phenoxy) is 1. The van der Waals surface area contributed by atoms with Gasteiger partial charge in [0.2, 0.25) is 0 Å². The number of hydrogen-bond donors (Lipinski definition) is 2. The average molecular weight is 287 g/mol. The Hall–Kier alpha value is -2.43. The maximum atomic E-state index is 5.62. The van der Waals surface area contributed by atoms with Crippen molar-refractivity contribution < 1.29 is 9.15 Å². The van der Waals surface area contributed by atoms with Crippen LogP contribution in [0.5, 0.6) is 5.75 Å². The quantitative estimate of drug-likeness (QED) is 0.466. The summed E-state index contributed by atoms with van der Waals surface area (Å²) in [7, 11) is 0. The molecule has 0 aliphatic carbocycles. The second-order valence-electron chi connectivity index (χ2n) is 4.36. The first-order chi connectivity index (χ1) is 10.4. The van der Waals surface area contributed by atoms with Gasteiger partial charge in [-0.15, -0.1) is 0 Å². The first-order valence-corrected chi connectivity index (χ1v) is 7.11. The molecule has 0 amide bonds. The first kappa shape index (κ1) is 15.0. The highest BCUT2D eigenvalue weighted by Crippen LogP contribution is 2.07. The summed E-state index contributed by atoms with van der Waals surface area (Å²) in [5, 5.41) is 6.41. The van der Waals surface area contributed by atoms with Crippen molar-refractivity contribution in [1.29, 1.82) is 0 Å². The summed E-state index contributed by atoms with van der Waals surface area (Å²) < 4.78 is 10.9.